The normalized spacial score (nSPS) is 11.3. The van der Waals surface area contributed by atoms with Gasteiger partial charge in [0.25, 0.3) is 5.91 Å². The number of pyridine rings is 1. The SMILES string of the molecule is CONC(=O)c1cc(-c2ccc(C)s2)nc2c1cnn2C(C)C. The summed E-state index contributed by atoms with van der Waals surface area (Å²) in [5.74, 6) is -0.308. The minimum absolute atomic E-state index is 0.152. The fourth-order valence-corrected chi connectivity index (χ4v) is 3.26. The first-order valence-electron chi connectivity index (χ1n) is 7.29. The van der Waals surface area contributed by atoms with Crippen LogP contribution in [0.5, 0.6) is 0 Å². The zero-order chi connectivity index (χ0) is 16.6. The highest BCUT2D eigenvalue weighted by molar-refractivity contribution is 7.15. The van der Waals surface area contributed by atoms with Crippen molar-refractivity contribution in [2.24, 2.45) is 0 Å². The molecule has 0 aliphatic heterocycles. The minimum Gasteiger partial charge on any atom is -0.277 e. The zero-order valence-electron chi connectivity index (χ0n) is 13.5. The van der Waals surface area contributed by atoms with Crippen LogP contribution in [0.25, 0.3) is 21.6 Å². The van der Waals surface area contributed by atoms with E-state index in [0.29, 0.717) is 16.6 Å². The molecule has 0 atom stereocenters. The Balaban J connectivity index is 2.25. The van der Waals surface area contributed by atoms with Gasteiger partial charge in [0.2, 0.25) is 0 Å². The Kier molecular flexibility index (Phi) is 4.14. The van der Waals surface area contributed by atoms with Crippen molar-refractivity contribution in [3.63, 3.8) is 0 Å². The molecule has 1 amide bonds. The Hall–Kier alpha value is -2.25. The highest BCUT2D eigenvalue weighted by Crippen LogP contribution is 2.30. The second-order valence-electron chi connectivity index (χ2n) is 5.52. The van der Waals surface area contributed by atoms with Crippen molar-refractivity contribution in [2.75, 3.05) is 7.11 Å². The number of thiophene rings is 1. The number of aromatic nitrogens is 3. The molecule has 3 rings (SSSR count). The lowest BCUT2D eigenvalue weighted by Crippen LogP contribution is -2.22. The number of carbonyl (C=O) groups excluding carboxylic acids is 1. The van der Waals surface area contributed by atoms with Crippen LogP contribution in [0.3, 0.4) is 0 Å². The van der Waals surface area contributed by atoms with E-state index in [1.54, 1.807) is 23.6 Å². The van der Waals surface area contributed by atoms with Crippen LogP contribution >= 0.6 is 11.3 Å². The maximum atomic E-state index is 12.3. The third-order valence-corrected chi connectivity index (χ3v) is 4.51. The molecular weight excluding hydrogens is 312 g/mol. The van der Waals surface area contributed by atoms with Gasteiger partial charge in [-0.05, 0) is 39.0 Å². The zero-order valence-corrected chi connectivity index (χ0v) is 14.3. The molecule has 0 aliphatic carbocycles. The van der Waals surface area contributed by atoms with E-state index in [2.05, 4.69) is 10.6 Å². The smallest absolute Gasteiger partial charge is 0.275 e. The molecular formula is C16H18N4O2S. The van der Waals surface area contributed by atoms with E-state index < -0.39 is 0 Å². The minimum atomic E-state index is -0.308. The number of hydroxylamine groups is 1. The van der Waals surface area contributed by atoms with E-state index in [0.717, 1.165) is 10.6 Å². The molecule has 0 spiro atoms. The molecule has 3 aromatic rings. The van der Waals surface area contributed by atoms with Crippen LogP contribution in [0, 0.1) is 6.92 Å². The first-order chi connectivity index (χ1) is 11.0. The van der Waals surface area contributed by atoms with Gasteiger partial charge in [0.05, 0.1) is 34.8 Å². The number of hydrogen-bond donors (Lipinski definition) is 1. The van der Waals surface area contributed by atoms with E-state index in [4.69, 9.17) is 9.82 Å². The Morgan fingerprint density at radius 2 is 2.17 bits per heavy atom. The molecule has 0 fully saturated rings. The van der Waals surface area contributed by atoms with E-state index in [1.165, 1.54) is 12.0 Å². The molecule has 0 bridgehead atoms. The number of nitrogens with one attached hydrogen (secondary N) is 1. The van der Waals surface area contributed by atoms with Crippen LogP contribution in [0.15, 0.2) is 24.4 Å². The predicted octanol–water partition coefficient (Wildman–Crippen LogP) is 3.34. The molecule has 1 N–H and O–H groups in total. The summed E-state index contributed by atoms with van der Waals surface area (Å²) in [6.07, 6.45) is 1.68. The van der Waals surface area contributed by atoms with Crippen molar-refractivity contribution in [1.29, 1.82) is 0 Å². The molecule has 120 valence electrons. The highest BCUT2D eigenvalue weighted by Gasteiger charge is 2.19. The van der Waals surface area contributed by atoms with Crippen LogP contribution in [0.4, 0.5) is 0 Å². The van der Waals surface area contributed by atoms with Gasteiger partial charge < -0.3 is 0 Å². The molecule has 7 heteroatoms. The van der Waals surface area contributed by atoms with Gasteiger partial charge >= 0.3 is 0 Å². The number of carbonyl (C=O) groups is 1. The number of rotatable bonds is 4. The standard InChI is InChI=1S/C16H18N4O2S/c1-9(2)20-15-12(8-17-20)11(16(21)19-22-4)7-13(18-15)14-6-5-10(3)23-14/h5-9H,1-4H3,(H,19,21). The van der Waals surface area contributed by atoms with Gasteiger partial charge in [-0.3, -0.25) is 9.63 Å². The lowest BCUT2D eigenvalue weighted by Gasteiger charge is -2.09. The van der Waals surface area contributed by atoms with Gasteiger partial charge in [-0.1, -0.05) is 0 Å². The van der Waals surface area contributed by atoms with E-state index in [1.807, 2.05) is 37.6 Å². The average Bonchev–Trinajstić information content (AvgIpc) is 3.12. The van der Waals surface area contributed by atoms with Gasteiger partial charge in [-0.15, -0.1) is 11.3 Å². The maximum absolute atomic E-state index is 12.3. The van der Waals surface area contributed by atoms with Gasteiger partial charge in [0.1, 0.15) is 0 Å². The van der Waals surface area contributed by atoms with Crippen molar-refractivity contribution >= 4 is 28.3 Å². The second kappa shape index (κ2) is 6.10. The summed E-state index contributed by atoms with van der Waals surface area (Å²) in [7, 11) is 1.41. The summed E-state index contributed by atoms with van der Waals surface area (Å²) >= 11 is 1.64. The molecule has 0 saturated heterocycles. The quantitative estimate of drug-likeness (QED) is 0.745. The first kappa shape index (κ1) is 15.6. The van der Waals surface area contributed by atoms with Crippen molar-refractivity contribution in [2.45, 2.75) is 26.8 Å². The molecule has 6 nitrogen and oxygen atoms in total. The summed E-state index contributed by atoms with van der Waals surface area (Å²) in [4.78, 5) is 24.0. The van der Waals surface area contributed by atoms with Crippen LogP contribution in [0.1, 0.15) is 35.1 Å². The fraction of sp³-hybridized carbons (Fsp3) is 0.312. The monoisotopic (exact) mass is 330 g/mol. The number of nitrogens with zero attached hydrogens (tertiary/aromatic N) is 3. The predicted molar refractivity (Wildman–Crippen MR) is 90.4 cm³/mol. The lowest BCUT2D eigenvalue weighted by molar-refractivity contribution is 0.0539. The number of amides is 1. The molecule has 0 aromatic carbocycles. The first-order valence-corrected chi connectivity index (χ1v) is 8.11. The fourth-order valence-electron chi connectivity index (χ4n) is 2.43. The Morgan fingerprint density at radius 1 is 1.39 bits per heavy atom. The molecule has 0 aliphatic rings. The molecule has 3 heterocycles. The summed E-state index contributed by atoms with van der Waals surface area (Å²) in [6, 6.07) is 6.00. The van der Waals surface area contributed by atoms with E-state index in [9.17, 15) is 4.79 Å². The van der Waals surface area contributed by atoms with E-state index in [-0.39, 0.29) is 11.9 Å². The topological polar surface area (TPSA) is 69.0 Å². The third kappa shape index (κ3) is 2.85. The molecule has 3 aromatic heterocycles. The van der Waals surface area contributed by atoms with Crippen LogP contribution in [-0.4, -0.2) is 27.8 Å². The molecule has 0 radical (unpaired) electrons. The number of hydrogen-bond acceptors (Lipinski definition) is 5. The Bertz CT molecular complexity index is 866. The van der Waals surface area contributed by atoms with Crippen LogP contribution < -0.4 is 5.48 Å². The van der Waals surface area contributed by atoms with Crippen molar-refractivity contribution in [3.05, 3.63) is 34.8 Å². The number of aryl methyl sites for hydroxylation is 1. The highest BCUT2D eigenvalue weighted by atomic mass is 32.1. The van der Waals surface area contributed by atoms with Crippen LogP contribution in [-0.2, 0) is 4.84 Å². The van der Waals surface area contributed by atoms with Gasteiger partial charge in [0.15, 0.2) is 5.65 Å². The number of fused-ring (bicyclic) bond motifs is 1. The summed E-state index contributed by atoms with van der Waals surface area (Å²) in [5, 5.41) is 5.09. The van der Waals surface area contributed by atoms with Gasteiger partial charge in [-0.25, -0.2) is 15.1 Å². The second-order valence-corrected chi connectivity index (χ2v) is 6.81. The summed E-state index contributed by atoms with van der Waals surface area (Å²) < 4.78 is 1.82. The third-order valence-electron chi connectivity index (χ3n) is 3.49. The van der Waals surface area contributed by atoms with Gasteiger partial charge in [0, 0.05) is 10.9 Å². The van der Waals surface area contributed by atoms with E-state index >= 15 is 0 Å². The summed E-state index contributed by atoms with van der Waals surface area (Å²) in [6.45, 7) is 6.11. The van der Waals surface area contributed by atoms with Crippen LogP contribution in [0.2, 0.25) is 0 Å². The summed E-state index contributed by atoms with van der Waals surface area (Å²) in [5.41, 5.74) is 4.34. The Morgan fingerprint density at radius 3 is 2.78 bits per heavy atom. The largest absolute Gasteiger partial charge is 0.277 e. The molecule has 0 saturated carbocycles. The van der Waals surface area contributed by atoms with Crippen molar-refractivity contribution < 1.29 is 9.63 Å². The maximum Gasteiger partial charge on any atom is 0.275 e. The molecule has 0 unspecified atom stereocenters. The lowest BCUT2D eigenvalue weighted by atomic mass is 10.1. The van der Waals surface area contributed by atoms with Crippen molar-refractivity contribution in [1.82, 2.24) is 20.2 Å². The van der Waals surface area contributed by atoms with Crippen molar-refractivity contribution in [3.8, 4) is 10.6 Å². The molecule has 23 heavy (non-hydrogen) atoms. The Labute approximate surface area is 138 Å². The van der Waals surface area contributed by atoms with Gasteiger partial charge in [-0.2, -0.15) is 5.10 Å². The average molecular weight is 330 g/mol.